The largest absolute Gasteiger partial charge is 0.307 e. The van der Waals surface area contributed by atoms with E-state index in [4.69, 9.17) is 0 Å². The summed E-state index contributed by atoms with van der Waals surface area (Å²) >= 11 is 2.14. The molecule has 0 aliphatic carbocycles. The van der Waals surface area contributed by atoms with Crippen LogP contribution < -0.4 is 21.7 Å². The van der Waals surface area contributed by atoms with Crippen molar-refractivity contribution in [2.45, 2.75) is 26.2 Å². The van der Waals surface area contributed by atoms with Gasteiger partial charge in [0.2, 0.25) is 0 Å². The standard InChI is InChI=1S/C38H23IN2O4/c1-2-3-8-19-13-25-33-26(14-19)37(44)23-17-24-32(18-31(23)40(33)29-11-6-4-9-21(29)35(25)42)41-30-12-7-5-10-22(30)36(43)27-15-20(39)16-28(34(27)41)38(24)45/h4-7,9-18H,2-3,8H2,1H3. The molecule has 0 fully saturated rings. The summed E-state index contributed by atoms with van der Waals surface area (Å²) in [5.41, 5.74) is 4.03. The van der Waals surface area contributed by atoms with Crippen LogP contribution in [0, 0.1) is 3.57 Å². The first kappa shape index (κ1) is 26.5. The molecule has 0 bridgehead atoms. The lowest BCUT2D eigenvalue weighted by Gasteiger charge is -2.18. The summed E-state index contributed by atoms with van der Waals surface area (Å²) in [4.78, 5) is 56.3. The van der Waals surface area contributed by atoms with Crippen molar-refractivity contribution in [3.8, 4) is 0 Å². The summed E-state index contributed by atoms with van der Waals surface area (Å²) in [6, 6.07) is 26.0. The number of pyridine rings is 4. The molecule has 0 saturated carbocycles. The van der Waals surface area contributed by atoms with E-state index in [2.05, 4.69) is 29.5 Å². The third-order valence-electron chi connectivity index (χ3n) is 9.35. The number of fused-ring (bicyclic) bond motifs is 8. The molecule has 0 amide bonds. The van der Waals surface area contributed by atoms with E-state index in [0.717, 1.165) is 28.4 Å². The lowest BCUT2D eigenvalue weighted by molar-refractivity contribution is 0.796. The fraction of sp³-hybridized carbons (Fsp3) is 0.105. The second-order valence-electron chi connectivity index (χ2n) is 11.9. The van der Waals surface area contributed by atoms with E-state index < -0.39 is 0 Å². The number of hydrogen-bond donors (Lipinski definition) is 0. The lowest BCUT2D eigenvalue weighted by Crippen LogP contribution is -2.17. The van der Waals surface area contributed by atoms with Crippen LogP contribution in [-0.2, 0) is 6.42 Å². The van der Waals surface area contributed by atoms with Gasteiger partial charge in [0.05, 0.1) is 33.1 Å². The smallest absolute Gasteiger partial charge is 0.197 e. The highest BCUT2D eigenvalue weighted by Gasteiger charge is 2.22. The van der Waals surface area contributed by atoms with E-state index in [1.54, 1.807) is 6.07 Å². The molecule has 0 atom stereocenters. The number of hydrogen-bond acceptors (Lipinski definition) is 4. The van der Waals surface area contributed by atoms with E-state index in [1.807, 2.05) is 87.7 Å². The fourth-order valence-corrected chi connectivity index (χ4v) is 7.97. The lowest BCUT2D eigenvalue weighted by atomic mass is 9.97. The van der Waals surface area contributed by atoms with Gasteiger partial charge in [-0.3, -0.25) is 19.2 Å². The summed E-state index contributed by atoms with van der Waals surface area (Å²) in [7, 11) is 0. The van der Waals surface area contributed by atoms with E-state index in [1.165, 1.54) is 0 Å². The van der Waals surface area contributed by atoms with Crippen molar-refractivity contribution in [3.05, 3.63) is 135 Å². The molecule has 0 radical (unpaired) electrons. The molecule has 45 heavy (non-hydrogen) atoms. The number of halogens is 1. The Morgan fingerprint density at radius 1 is 0.511 bits per heavy atom. The van der Waals surface area contributed by atoms with Gasteiger partial charge in [-0.1, -0.05) is 37.6 Å². The van der Waals surface area contributed by atoms with Crippen LogP contribution in [0.15, 0.2) is 104 Å². The van der Waals surface area contributed by atoms with Gasteiger partial charge in [-0.25, -0.2) is 0 Å². The van der Waals surface area contributed by atoms with E-state index in [9.17, 15) is 19.2 Å². The molecular weight excluding hydrogens is 675 g/mol. The Labute approximate surface area is 267 Å². The molecule has 216 valence electrons. The van der Waals surface area contributed by atoms with Gasteiger partial charge in [0.1, 0.15) is 0 Å². The van der Waals surface area contributed by atoms with E-state index in [0.29, 0.717) is 76.2 Å². The van der Waals surface area contributed by atoms with Gasteiger partial charge < -0.3 is 8.80 Å². The molecule has 0 N–H and O–H groups in total. The van der Waals surface area contributed by atoms with Crippen LogP contribution in [0.2, 0.25) is 0 Å². The Balaban J connectivity index is 1.62. The van der Waals surface area contributed by atoms with E-state index in [-0.39, 0.29) is 21.7 Å². The van der Waals surface area contributed by atoms with Crippen molar-refractivity contribution in [1.82, 2.24) is 8.80 Å². The van der Waals surface area contributed by atoms with Gasteiger partial charge in [-0.05, 0) is 102 Å². The molecule has 4 aromatic heterocycles. The Morgan fingerprint density at radius 2 is 0.956 bits per heavy atom. The summed E-state index contributed by atoms with van der Waals surface area (Å²) in [6.07, 6.45) is 2.70. The fourth-order valence-electron chi connectivity index (χ4n) is 7.35. The second-order valence-corrected chi connectivity index (χ2v) is 13.1. The minimum Gasteiger partial charge on any atom is -0.307 e. The summed E-state index contributed by atoms with van der Waals surface area (Å²) in [5.74, 6) is 0. The second kappa shape index (κ2) is 9.31. The maximum Gasteiger partial charge on any atom is 0.197 e. The zero-order valence-corrected chi connectivity index (χ0v) is 26.3. The number of para-hydroxylation sites is 2. The average Bonchev–Trinajstić information content (AvgIpc) is 3.06. The van der Waals surface area contributed by atoms with Crippen LogP contribution in [-0.4, -0.2) is 8.80 Å². The van der Waals surface area contributed by atoms with Crippen molar-refractivity contribution >= 4 is 98.8 Å². The SMILES string of the molecule is CCCCc1cc2c(=O)c3ccccc3n3c4cc5c(cc4c(=O)c(c1)c23)c(=O)c1cc(I)cc2c(=O)c3ccccc3n5c21. The van der Waals surface area contributed by atoms with Crippen LogP contribution in [0.1, 0.15) is 25.3 Å². The van der Waals surface area contributed by atoms with Crippen molar-refractivity contribution in [2.75, 3.05) is 0 Å². The predicted octanol–water partition coefficient (Wildman–Crippen LogP) is 7.37. The van der Waals surface area contributed by atoms with Crippen LogP contribution in [0.5, 0.6) is 0 Å². The maximum absolute atomic E-state index is 14.4. The van der Waals surface area contributed by atoms with Crippen LogP contribution in [0.25, 0.3) is 76.2 Å². The predicted molar refractivity (Wildman–Crippen MR) is 192 cm³/mol. The Kier molecular flexibility index (Phi) is 5.48. The molecule has 4 heterocycles. The zero-order valence-electron chi connectivity index (χ0n) is 24.1. The first-order chi connectivity index (χ1) is 21.9. The molecule has 6 nitrogen and oxygen atoms in total. The molecule has 0 saturated heterocycles. The zero-order chi connectivity index (χ0) is 30.7. The first-order valence-corrected chi connectivity index (χ1v) is 16.1. The Morgan fingerprint density at radius 3 is 1.44 bits per heavy atom. The highest BCUT2D eigenvalue weighted by molar-refractivity contribution is 14.1. The van der Waals surface area contributed by atoms with E-state index >= 15 is 0 Å². The first-order valence-electron chi connectivity index (χ1n) is 15.0. The normalized spacial score (nSPS) is 12.4. The molecule has 7 heteroatoms. The maximum atomic E-state index is 14.4. The van der Waals surface area contributed by atoms with Gasteiger partial charge in [0.25, 0.3) is 0 Å². The molecular formula is C38H23IN2O4. The number of unbranched alkanes of at least 4 members (excludes halogenated alkanes) is 1. The van der Waals surface area contributed by atoms with Crippen molar-refractivity contribution < 1.29 is 0 Å². The third kappa shape index (κ3) is 3.44. The van der Waals surface area contributed by atoms with Crippen molar-refractivity contribution in [1.29, 1.82) is 0 Å². The number of nitrogens with zero attached hydrogens (tertiary/aromatic N) is 2. The Hall–Kier alpha value is -4.89. The monoisotopic (exact) mass is 698 g/mol. The highest BCUT2D eigenvalue weighted by Crippen LogP contribution is 2.33. The van der Waals surface area contributed by atoms with Crippen LogP contribution in [0.3, 0.4) is 0 Å². The van der Waals surface area contributed by atoms with Gasteiger partial charge in [-0.15, -0.1) is 0 Å². The summed E-state index contributed by atoms with van der Waals surface area (Å²) in [6.45, 7) is 2.12. The van der Waals surface area contributed by atoms with Gasteiger partial charge >= 0.3 is 0 Å². The highest BCUT2D eigenvalue weighted by atomic mass is 127. The molecule has 0 aliphatic heterocycles. The molecule has 9 rings (SSSR count). The topological polar surface area (TPSA) is 77.1 Å². The summed E-state index contributed by atoms with van der Waals surface area (Å²) < 4.78 is 4.79. The average molecular weight is 699 g/mol. The summed E-state index contributed by atoms with van der Waals surface area (Å²) in [5, 5.41) is 3.83. The van der Waals surface area contributed by atoms with Crippen LogP contribution >= 0.6 is 22.6 Å². The van der Waals surface area contributed by atoms with Crippen molar-refractivity contribution in [3.63, 3.8) is 0 Å². The number of aryl methyl sites for hydroxylation is 1. The van der Waals surface area contributed by atoms with Gasteiger partial charge in [0.15, 0.2) is 21.7 Å². The number of rotatable bonds is 3. The minimum atomic E-state index is -0.226. The third-order valence-corrected chi connectivity index (χ3v) is 9.98. The Bertz CT molecular complexity index is 3020. The van der Waals surface area contributed by atoms with Gasteiger partial charge in [0, 0.05) is 46.7 Å². The minimum absolute atomic E-state index is 0.0996. The quantitative estimate of drug-likeness (QED) is 0.110. The van der Waals surface area contributed by atoms with Gasteiger partial charge in [-0.2, -0.15) is 0 Å². The van der Waals surface area contributed by atoms with Crippen molar-refractivity contribution in [2.24, 2.45) is 0 Å². The molecule has 9 aromatic rings. The molecule has 0 spiro atoms. The molecule has 0 aliphatic rings. The number of aromatic nitrogens is 2. The molecule has 5 aromatic carbocycles. The van der Waals surface area contributed by atoms with Crippen LogP contribution in [0.4, 0.5) is 0 Å². The number of benzene rings is 5. The molecule has 0 unspecified atom stereocenters.